The number of hydrogen-bond acceptors (Lipinski definition) is 3. The van der Waals surface area contributed by atoms with Crippen LogP contribution in [0.5, 0.6) is 0 Å². The van der Waals surface area contributed by atoms with Crippen LogP contribution in [0.1, 0.15) is 27.4 Å². The summed E-state index contributed by atoms with van der Waals surface area (Å²) in [5.41, 5.74) is 2.47. The van der Waals surface area contributed by atoms with Crippen LogP contribution in [0.15, 0.2) is 34.9 Å². The lowest BCUT2D eigenvalue weighted by Crippen LogP contribution is -2.23. The van der Waals surface area contributed by atoms with Crippen LogP contribution in [0.2, 0.25) is 0 Å². The molecule has 0 fully saturated rings. The van der Waals surface area contributed by atoms with Gasteiger partial charge < -0.3 is 5.32 Å². The number of nitrogens with zero attached hydrogens (tertiary/aromatic N) is 2. The summed E-state index contributed by atoms with van der Waals surface area (Å²) in [7, 11) is 0. The Labute approximate surface area is 120 Å². The normalized spacial score (nSPS) is 10.3. The molecule has 0 spiro atoms. The van der Waals surface area contributed by atoms with Crippen molar-refractivity contribution in [1.82, 2.24) is 15.3 Å². The molecule has 2 aromatic rings. The lowest BCUT2D eigenvalue weighted by atomic mass is 10.1. The van der Waals surface area contributed by atoms with E-state index in [4.69, 9.17) is 0 Å². The predicted octanol–water partition coefficient (Wildman–Crippen LogP) is 2.79. The minimum atomic E-state index is -0.110. The summed E-state index contributed by atoms with van der Waals surface area (Å²) in [6, 6.07) is 7.41. The lowest BCUT2D eigenvalue weighted by Gasteiger charge is -2.06. The molecule has 19 heavy (non-hydrogen) atoms. The SMILES string of the molecule is Cc1cc(Br)cc(C(=O)NCc2ccnc(C)n2)c1. The van der Waals surface area contributed by atoms with Crippen molar-refractivity contribution < 1.29 is 4.79 Å². The molecule has 0 bridgehead atoms. The van der Waals surface area contributed by atoms with Crippen molar-refractivity contribution in [3.8, 4) is 0 Å². The highest BCUT2D eigenvalue weighted by molar-refractivity contribution is 9.10. The molecule has 0 unspecified atom stereocenters. The number of halogens is 1. The Bertz CT molecular complexity index is 593. The molecule has 5 heteroatoms. The first-order valence-corrected chi connectivity index (χ1v) is 6.68. The summed E-state index contributed by atoms with van der Waals surface area (Å²) in [6.07, 6.45) is 1.69. The molecule has 4 nitrogen and oxygen atoms in total. The molecule has 2 rings (SSSR count). The second-order valence-corrected chi connectivity index (χ2v) is 5.21. The number of carbonyl (C=O) groups is 1. The summed E-state index contributed by atoms with van der Waals surface area (Å²) < 4.78 is 0.899. The van der Waals surface area contributed by atoms with E-state index >= 15 is 0 Å². The third kappa shape index (κ3) is 3.86. The number of benzene rings is 1. The third-order valence-corrected chi connectivity index (χ3v) is 3.03. The Kier molecular flexibility index (Phi) is 4.27. The van der Waals surface area contributed by atoms with Crippen molar-refractivity contribution >= 4 is 21.8 Å². The van der Waals surface area contributed by atoms with Gasteiger partial charge in [0.05, 0.1) is 12.2 Å². The van der Waals surface area contributed by atoms with Gasteiger partial charge in [0.1, 0.15) is 5.82 Å². The van der Waals surface area contributed by atoms with Crippen molar-refractivity contribution in [2.45, 2.75) is 20.4 Å². The maximum atomic E-state index is 12.0. The average molecular weight is 320 g/mol. The second-order valence-electron chi connectivity index (χ2n) is 4.30. The monoisotopic (exact) mass is 319 g/mol. The fourth-order valence-corrected chi connectivity index (χ4v) is 2.35. The number of aryl methyl sites for hydroxylation is 2. The van der Waals surface area contributed by atoms with Crippen LogP contribution in [0.4, 0.5) is 0 Å². The van der Waals surface area contributed by atoms with Crippen molar-refractivity contribution in [2.24, 2.45) is 0 Å². The molecule has 0 atom stereocenters. The van der Waals surface area contributed by atoms with E-state index in [2.05, 4.69) is 31.2 Å². The number of aromatic nitrogens is 2. The van der Waals surface area contributed by atoms with Gasteiger partial charge in [-0.05, 0) is 43.7 Å². The first-order valence-electron chi connectivity index (χ1n) is 5.88. The molecule has 0 saturated heterocycles. The van der Waals surface area contributed by atoms with Crippen LogP contribution < -0.4 is 5.32 Å². The number of hydrogen-bond donors (Lipinski definition) is 1. The summed E-state index contributed by atoms with van der Waals surface area (Å²) in [5, 5.41) is 2.85. The predicted molar refractivity (Wildman–Crippen MR) is 76.8 cm³/mol. The molecule has 1 aromatic carbocycles. The van der Waals surface area contributed by atoms with Crippen LogP contribution in [0.25, 0.3) is 0 Å². The first-order chi connectivity index (χ1) is 9.04. The van der Waals surface area contributed by atoms with Crippen LogP contribution in [-0.4, -0.2) is 15.9 Å². The molecule has 0 radical (unpaired) electrons. The molecule has 0 aliphatic heterocycles. The molecule has 0 aliphatic carbocycles. The molecule has 1 amide bonds. The summed E-state index contributed by atoms with van der Waals surface area (Å²) in [6.45, 7) is 4.17. The Morgan fingerprint density at radius 1 is 1.32 bits per heavy atom. The Morgan fingerprint density at radius 3 is 2.79 bits per heavy atom. The highest BCUT2D eigenvalue weighted by atomic mass is 79.9. The van der Waals surface area contributed by atoms with E-state index in [9.17, 15) is 4.79 Å². The average Bonchev–Trinajstić information content (AvgIpc) is 2.35. The van der Waals surface area contributed by atoms with Gasteiger partial charge in [-0.25, -0.2) is 9.97 Å². The number of nitrogens with one attached hydrogen (secondary N) is 1. The molecule has 0 aliphatic rings. The maximum absolute atomic E-state index is 12.0. The Hall–Kier alpha value is -1.75. The van der Waals surface area contributed by atoms with E-state index in [0.29, 0.717) is 17.9 Å². The second kappa shape index (κ2) is 5.93. The molecule has 98 valence electrons. The van der Waals surface area contributed by atoms with Crippen molar-refractivity contribution in [1.29, 1.82) is 0 Å². The van der Waals surface area contributed by atoms with Gasteiger partial charge in [0, 0.05) is 16.2 Å². The minimum absolute atomic E-state index is 0.110. The molecule has 1 aromatic heterocycles. The highest BCUT2D eigenvalue weighted by Crippen LogP contribution is 2.15. The zero-order valence-corrected chi connectivity index (χ0v) is 12.4. The molecule has 1 heterocycles. The van der Waals surface area contributed by atoms with E-state index in [0.717, 1.165) is 15.7 Å². The number of amides is 1. The van der Waals surface area contributed by atoms with E-state index in [1.165, 1.54) is 0 Å². The van der Waals surface area contributed by atoms with Crippen LogP contribution in [-0.2, 0) is 6.54 Å². The fourth-order valence-electron chi connectivity index (χ4n) is 1.74. The van der Waals surface area contributed by atoms with E-state index in [1.54, 1.807) is 18.3 Å². The van der Waals surface area contributed by atoms with Crippen molar-refractivity contribution in [3.05, 3.63) is 57.6 Å². The zero-order valence-electron chi connectivity index (χ0n) is 10.8. The summed E-state index contributed by atoms with van der Waals surface area (Å²) in [4.78, 5) is 20.3. The van der Waals surface area contributed by atoms with Gasteiger partial charge in [-0.2, -0.15) is 0 Å². The van der Waals surface area contributed by atoms with Gasteiger partial charge in [-0.1, -0.05) is 15.9 Å². The van der Waals surface area contributed by atoms with Gasteiger partial charge in [-0.15, -0.1) is 0 Å². The quantitative estimate of drug-likeness (QED) is 0.946. The standard InChI is InChI=1S/C14H14BrN3O/c1-9-5-11(7-12(15)6-9)14(19)17-8-13-3-4-16-10(2)18-13/h3-7H,8H2,1-2H3,(H,17,19). The minimum Gasteiger partial charge on any atom is -0.346 e. The van der Waals surface area contributed by atoms with E-state index in [-0.39, 0.29) is 5.91 Å². The Balaban J connectivity index is 2.05. The van der Waals surface area contributed by atoms with Crippen molar-refractivity contribution in [3.63, 3.8) is 0 Å². The smallest absolute Gasteiger partial charge is 0.251 e. The largest absolute Gasteiger partial charge is 0.346 e. The van der Waals surface area contributed by atoms with Gasteiger partial charge in [0.25, 0.3) is 5.91 Å². The molecular weight excluding hydrogens is 306 g/mol. The molecular formula is C14H14BrN3O. The molecule has 1 N–H and O–H groups in total. The zero-order chi connectivity index (χ0) is 13.8. The Morgan fingerprint density at radius 2 is 2.11 bits per heavy atom. The van der Waals surface area contributed by atoms with Crippen molar-refractivity contribution in [2.75, 3.05) is 0 Å². The van der Waals surface area contributed by atoms with E-state index in [1.807, 2.05) is 26.0 Å². The summed E-state index contributed by atoms with van der Waals surface area (Å²) in [5.74, 6) is 0.589. The van der Waals surface area contributed by atoms with Gasteiger partial charge in [-0.3, -0.25) is 4.79 Å². The fraction of sp³-hybridized carbons (Fsp3) is 0.214. The molecule has 0 saturated carbocycles. The van der Waals surface area contributed by atoms with Crippen LogP contribution in [0, 0.1) is 13.8 Å². The van der Waals surface area contributed by atoms with Crippen LogP contribution >= 0.6 is 15.9 Å². The maximum Gasteiger partial charge on any atom is 0.251 e. The third-order valence-electron chi connectivity index (χ3n) is 2.57. The van der Waals surface area contributed by atoms with Gasteiger partial charge in [0.2, 0.25) is 0 Å². The van der Waals surface area contributed by atoms with Gasteiger partial charge >= 0.3 is 0 Å². The van der Waals surface area contributed by atoms with Gasteiger partial charge in [0.15, 0.2) is 0 Å². The number of carbonyl (C=O) groups excluding carboxylic acids is 1. The summed E-state index contributed by atoms with van der Waals surface area (Å²) >= 11 is 3.39. The lowest BCUT2D eigenvalue weighted by molar-refractivity contribution is 0.0950. The highest BCUT2D eigenvalue weighted by Gasteiger charge is 2.07. The number of rotatable bonds is 3. The topological polar surface area (TPSA) is 54.9 Å². The van der Waals surface area contributed by atoms with E-state index < -0.39 is 0 Å². The first kappa shape index (κ1) is 13.7. The van der Waals surface area contributed by atoms with Crippen LogP contribution in [0.3, 0.4) is 0 Å².